The highest BCUT2D eigenvalue weighted by Gasteiger charge is 2.17. The maximum atomic E-state index is 10.4. The largest absolute Gasteiger partial charge is 0.388 e. The van der Waals surface area contributed by atoms with E-state index in [4.69, 9.17) is 4.74 Å². The number of benzene rings is 1. The number of hydrogen-bond acceptors (Lipinski definition) is 2. The van der Waals surface area contributed by atoms with Crippen LogP contribution >= 0.6 is 0 Å². The molecule has 1 atom stereocenters. The van der Waals surface area contributed by atoms with Gasteiger partial charge in [0.15, 0.2) is 0 Å². The second-order valence-corrected chi connectivity index (χ2v) is 6.09. The van der Waals surface area contributed by atoms with Crippen molar-refractivity contribution >= 4 is 0 Å². The zero-order valence-corrected chi connectivity index (χ0v) is 12.7. The Labute approximate surface area is 123 Å². The van der Waals surface area contributed by atoms with E-state index in [2.05, 4.69) is 24.3 Å². The Kier molecular flexibility index (Phi) is 6.55. The summed E-state index contributed by atoms with van der Waals surface area (Å²) in [6.07, 6.45) is 9.59. The maximum absolute atomic E-state index is 10.4. The molecule has 2 rings (SSSR count). The fourth-order valence-corrected chi connectivity index (χ4v) is 3.18. The maximum Gasteiger partial charge on any atom is 0.0792 e. The fraction of sp³-hybridized carbons (Fsp3) is 0.667. The predicted octanol–water partition coefficient (Wildman–Crippen LogP) is 4.27. The molecule has 1 aliphatic carbocycles. The molecule has 0 saturated heterocycles. The summed E-state index contributed by atoms with van der Waals surface area (Å²) < 4.78 is 5.09. The van der Waals surface area contributed by atoms with Gasteiger partial charge < -0.3 is 9.84 Å². The van der Waals surface area contributed by atoms with E-state index in [-0.39, 0.29) is 6.10 Å². The van der Waals surface area contributed by atoms with Crippen LogP contribution in [-0.2, 0) is 11.2 Å². The topological polar surface area (TPSA) is 29.5 Å². The van der Waals surface area contributed by atoms with Crippen LogP contribution in [0, 0.1) is 5.92 Å². The minimum atomic E-state index is -0.297. The third-order valence-electron chi connectivity index (χ3n) is 4.49. The molecular formula is C18H28O2. The van der Waals surface area contributed by atoms with Gasteiger partial charge in [-0.15, -0.1) is 0 Å². The van der Waals surface area contributed by atoms with E-state index in [0.29, 0.717) is 5.92 Å². The summed E-state index contributed by atoms with van der Waals surface area (Å²) in [5, 5.41) is 10.4. The SMILES string of the molecule is COCCc1ccc(C(O)CC2CCCCCC2)cc1. The third kappa shape index (κ3) is 4.92. The van der Waals surface area contributed by atoms with E-state index in [1.165, 1.54) is 44.1 Å². The molecule has 0 heterocycles. The Hall–Kier alpha value is -0.860. The molecule has 20 heavy (non-hydrogen) atoms. The first-order chi connectivity index (χ1) is 9.79. The minimum Gasteiger partial charge on any atom is -0.388 e. The van der Waals surface area contributed by atoms with E-state index in [0.717, 1.165) is 25.0 Å². The minimum absolute atomic E-state index is 0.297. The molecule has 1 aromatic rings. The molecule has 1 N–H and O–H groups in total. The van der Waals surface area contributed by atoms with Crippen LogP contribution in [0.4, 0.5) is 0 Å². The predicted molar refractivity (Wildman–Crippen MR) is 82.8 cm³/mol. The lowest BCUT2D eigenvalue weighted by atomic mass is 9.91. The smallest absolute Gasteiger partial charge is 0.0792 e. The van der Waals surface area contributed by atoms with Gasteiger partial charge in [0.2, 0.25) is 0 Å². The lowest BCUT2D eigenvalue weighted by molar-refractivity contribution is 0.139. The quantitative estimate of drug-likeness (QED) is 0.786. The summed E-state index contributed by atoms with van der Waals surface area (Å²) >= 11 is 0. The Balaban J connectivity index is 1.86. The number of ether oxygens (including phenoxy) is 1. The molecule has 2 nitrogen and oxygen atoms in total. The van der Waals surface area contributed by atoms with Crippen LogP contribution in [0.3, 0.4) is 0 Å². The van der Waals surface area contributed by atoms with Gasteiger partial charge in [-0.05, 0) is 29.9 Å². The Morgan fingerprint density at radius 3 is 2.35 bits per heavy atom. The van der Waals surface area contributed by atoms with Gasteiger partial charge in [-0.1, -0.05) is 62.8 Å². The van der Waals surface area contributed by atoms with Crippen molar-refractivity contribution in [2.75, 3.05) is 13.7 Å². The average molecular weight is 276 g/mol. The molecule has 1 fully saturated rings. The first-order valence-electron chi connectivity index (χ1n) is 8.05. The summed E-state index contributed by atoms with van der Waals surface area (Å²) in [7, 11) is 1.73. The number of rotatable bonds is 6. The number of methoxy groups -OCH3 is 1. The normalized spacial score (nSPS) is 18.7. The number of aliphatic hydroxyl groups is 1. The lowest BCUT2D eigenvalue weighted by Crippen LogP contribution is -2.07. The summed E-state index contributed by atoms with van der Waals surface area (Å²) in [4.78, 5) is 0. The molecule has 0 aromatic heterocycles. The van der Waals surface area contributed by atoms with Gasteiger partial charge in [-0.25, -0.2) is 0 Å². The van der Waals surface area contributed by atoms with Gasteiger partial charge in [0, 0.05) is 7.11 Å². The molecule has 1 saturated carbocycles. The van der Waals surface area contributed by atoms with E-state index < -0.39 is 0 Å². The Bertz CT molecular complexity index is 364. The highest BCUT2D eigenvalue weighted by Crippen LogP contribution is 2.31. The molecule has 0 amide bonds. The monoisotopic (exact) mass is 276 g/mol. The van der Waals surface area contributed by atoms with E-state index in [9.17, 15) is 5.11 Å². The van der Waals surface area contributed by atoms with Gasteiger partial charge >= 0.3 is 0 Å². The van der Waals surface area contributed by atoms with Crippen LogP contribution in [0.15, 0.2) is 24.3 Å². The molecule has 0 aliphatic heterocycles. The van der Waals surface area contributed by atoms with Crippen molar-refractivity contribution in [1.82, 2.24) is 0 Å². The van der Waals surface area contributed by atoms with Crippen LogP contribution in [0.1, 0.15) is 62.2 Å². The van der Waals surface area contributed by atoms with Crippen LogP contribution in [0.2, 0.25) is 0 Å². The zero-order chi connectivity index (χ0) is 14.2. The summed E-state index contributed by atoms with van der Waals surface area (Å²) in [6, 6.07) is 8.38. The number of aliphatic hydroxyl groups excluding tert-OH is 1. The average Bonchev–Trinajstić information content (AvgIpc) is 2.74. The van der Waals surface area contributed by atoms with Gasteiger partial charge in [0.1, 0.15) is 0 Å². The van der Waals surface area contributed by atoms with Crippen molar-refractivity contribution in [2.24, 2.45) is 5.92 Å². The van der Waals surface area contributed by atoms with Crippen molar-refractivity contribution in [3.05, 3.63) is 35.4 Å². The second-order valence-electron chi connectivity index (χ2n) is 6.09. The van der Waals surface area contributed by atoms with Gasteiger partial charge in [-0.3, -0.25) is 0 Å². The standard InChI is InChI=1S/C18H28O2/c1-20-13-12-15-8-10-17(11-9-15)18(19)14-16-6-4-2-3-5-7-16/h8-11,16,18-19H,2-7,12-14H2,1H3. The molecule has 2 heteroatoms. The van der Waals surface area contributed by atoms with Crippen molar-refractivity contribution in [3.63, 3.8) is 0 Å². The first kappa shape index (κ1) is 15.5. The zero-order valence-electron chi connectivity index (χ0n) is 12.7. The van der Waals surface area contributed by atoms with Crippen LogP contribution in [-0.4, -0.2) is 18.8 Å². The van der Waals surface area contributed by atoms with Gasteiger partial charge in [-0.2, -0.15) is 0 Å². The summed E-state index contributed by atoms with van der Waals surface area (Å²) in [5.41, 5.74) is 2.34. The second kappa shape index (κ2) is 8.43. The highest BCUT2D eigenvalue weighted by atomic mass is 16.5. The summed E-state index contributed by atoms with van der Waals surface area (Å²) in [6.45, 7) is 0.754. The van der Waals surface area contributed by atoms with Crippen LogP contribution in [0.5, 0.6) is 0 Å². The van der Waals surface area contributed by atoms with Crippen LogP contribution in [0.25, 0.3) is 0 Å². The van der Waals surface area contributed by atoms with Gasteiger partial charge in [0.05, 0.1) is 12.7 Å². The molecule has 1 aromatic carbocycles. The first-order valence-corrected chi connectivity index (χ1v) is 8.05. The van der Waals surface area contributed by atoms with E-state index >= 15 is 0 Å². The van der Waals surface area contributed by atoms with E-state index in [1.54, 1.807) is 7.11 Å². The van der Waals surface area contributed by atoms with Crippen molar-refractivity contribution in [1.29, 1.82) is 0 Å². The molecule has 0 spiro atoms. The number of hydrogen-bond donors (Lipinski definition) is 1. The van der Waals surface area contributed by atoms with Crippen molar-refractivity contribution < 1.29 is 9.84 Å². The Morgan fingerprint density at radius 1 is 1.10 bits per heavy atom. The molecule has 112 valence electrons. The van der Waals surface area contributed by atoms with Crippen molar-refractivity contribution in [3.8, 4) is 0 Å². The fourth-order valence-electron chi connectivity index (χ4n) is 3.18. The van der Waals surface area contributed by atoms with Gasteiger partial charge in [0.25, 0.3) is 0 Å². The lowest BCUT2D eigenvalue weighted by Gasteiger charge is -2.19. The molecule has 0 radical (unpaired) electrons. The summed E-state index contributed by atoms with van der Waals surface area (Å²) in [5.74, 6) is 0.709. The van der Waals surface area contributed by atoms with Crippen molar-refractivity contribution in [2.45, 2.75) is 57.5 Å². The molecular weight excluding hydrogens is 248 g/mol. The highest BCUT2D eigenvalue weighted by molar-refractivity contribution is 5.24. The van der Waals surface area contributed by atoms with Crippen LogP contribution < -0.4 is 0 Å². The third-order valence-corrected chi connectivity index (χ3v) is 4.49. The Morgan fingerprint density at radius 2 is 1.75 bits per heavy atom. The molecule has 1 unspecified atom stereocenters. The molecule has 1 aliphatic rings. The molecule has 0 bridgehead atoms. The van der Waals surface area contributed by atoms with E-state index in [1.807, 2.05) is 0 Å².